The summed E-state index contributed by atoms with van der Waals surface area (Å²) >= 11 is 0. The van der Waals surface area contributed by atoms with Crippen LogP contribution < -0.4 is 4.74 Å². The highest BCUT2D eigenvalue weighted by atomic mass is 16.6. The number of furan rings is 1. The molecule has 2 heterocycles. The van der Waals surface area contributed by atoms with Crippen molar-refractivity contribution in [3.63, 3.8) is 0 Å². The first-order chi connectivity index (χ1) is 15.0. The fourth-order valence-corrected chi connectivity index (χ4v) is 3.26. The summed E-state index contributed by atoms with van der Waals surface area (Å²) < 4.78 is 11.8. The average Bonchev–Trinajstić information content (AvgIpc) is 3.26. The fraction of sp³-hybridized carbons (Fsp3) is 0.130. The number of ether oxygens (including phenoxy) is 1. The second-order valence-corrected chi connectivity index (χ2v) is 6.83. The smallest absolute Gasteiger partial charge is 0.336 e. The van der Waals surface area contributed by atoms with Gasteiger partial charge in [0.05, 0.1) is 28.2 Å². The summed E-state index contributed by atoms with van der Waals surface area (Å²) in [6, 6.07) is 16.3. The maximum atomic E-state index is 11.8. The third-order valence-electron chi connectivity index (χ3n) is 4.71. The molecule has 4 aromatic rings. The molecule has 4 rings (SSSR count). The topological polar surface area (TPSA) is 116 Å². The molecule has 1 N–H and O–H groups in total. The van der Waals surface area contributed by atoms with Gasteiger partial charge < -0.3 is 14.3 Å². The molecule has 0 fully saturated rings. The molecule has 0 aliphatic carbocycles. The van der Waals surface area contributed by atoms with Crippen LogP contribution in [0, 0.1) is 10.1 Å². The van der Waals surface area contributed by atoms with Gasteiger partial charge in [-0.3, -0.25) is 10.1 Å². The lowest BCUT2D eigenvalue weighted by atomic mass is 10.1. The van der Waals surface area contributed by atoms with Crippen molar-refractivity contribution in [2.45, 2.75) is 13.3 Å². The minimum atomic E-state index is -1.21. The van der Waals surface area contributed by atoms with E-state index in [2.05, 4.69) is 4.98 Å². The number of hydrogen-bond donors (Lipinski definition) is 1. The average molecular weight is 418 g/mol. The van der Waals surface area contributed by atoms with Crippen molar-refractivity contribution in [3.8, 4) is 28.5 Å². The summed E-state index contributed by atoms with van der Waals surface area (Å²) in [6.45, 7) is 2.60. The monoisotopic (exact) mass is 418 g/mol. The van der Waals surface area contributed by atoms with Gasteiger partial charge in [0.15, 0.2) is 5.76 Å². The quantitative estimate of drug-likeness (QED) is 0.309. The van der Waals surface area contributed by atoms with Crippen molar-refractivity contribution in [2.75, 3.05) is 6.61 Å². The van der Waals surface area contributed by atoms with Gasteiger partial charge in [0, 0.05) is 17.5 Å². The number of rotatable bonds is 7. The zero-order valence-electron chi connectivity index (χ0n) is 16.6. The van der Waals surface area contributed by atoms with Crippen LogP contribution in [0.25, 0.3) is 33.7 Å². The number of non-ortho nitro benzene ring substituents is 1. The third-order valence-corrected chi connectivity index (χ3v) is 4.71. The van der Waals surface area contributed by atoms with E-state index in [4.69, 9.17) is 9.15 Å². The lowest BCUT2D eigenvalue weighted by Gasteiger charge is -2.09. The van der Waals surface area contributed by atoms with Crippen molar-refractivity contribution in [1.29, 1.82) is 0 Å². The van der Waals surface area contributed by atoms with Gasteiger partial charge in [0.25, 0.3) is 5.69 Å². The van der Waals surface area contributed by atoms with Crippen LogP contribution in [0.5, 0.6) is 5.75 Å². The first-order valence-electron chi connectivity index (χ1n) is 9.63. The number of nitrogens with zero attached hydrogens (tertiary/aromatic N) is 2. The van der Waals surface area contributed by atoms with E-state index in [9.17, 15) is 20.0 Å². The summed E-state index contributed by atoms with van der Waals surface area (Å²) in [4.78, 5) is 26.7. The Hall–Kier alpha value is -4.20. The van der Waals surface area contributed by atoms with Gasteiger partial charge >= 0.3 is 5.97 Å². The molecule has 0 bridgehead atoms. The number of para-hydroxylation sites is 1. The standard InChI is InChI=1S/C23H18N2O6/c1-2-11-30-20-6-4-3-5-15(20)21-9-10-22(31-21)19-13-17(23(26)27)16-12-14(25(28)29)7-8-18(16)24-19/h3-10,12-13H,2,11H2,1H3,(H,26,27). The van der Waals surface area contributed by atoms with Crippen molar-refractivity contribution >= 4 is 22.6 Å². The number of nitro benzene ring substituents is 1. The van der Waals surface area contributed by atoms with Crippen LogP contribution in [-0.4, -0.2) is 27.6 Å². The Balaban J connectivity index is 1.79. The van der Waals surface area contributed by atoms with E-state index >= 15 is 0 Å². The van der Waals surface area contributed by atoms with Crippen LogP contribution in [0.15, 0.2) is 65.1 Å². The zero-order valence-corrected chi connectivity index (χ0v) is 16.6. The SMILES string of the molecule is CCCOc1ccccc1-c1ccc(-c2cc(C(=O)O)c3cc([N+](=O)[O-])ccc3n2)o1. The first-order valence-corrected chi connectivity index (χ1v) is 9.63. The van der Waals surface area contributed by atoms with Crippen LogP contribution in [0.2, 0.25) is 0 Å². The predicted molar refractivity (Wildman–Crippen MR) is 114 cm³/mol. The van der Waals surface area contributed by atoms with Crippen LogP contribution in [-0.2, 0) is 0 Å². The lowest BCUT2D eigenvalue weighted by molar-refractivity contribution is -0.384. The van der Waals surface area contributed by atoms with Crippen LogP contribution in [0.4, 0.5) is 5.69 Å². The van der Waals surface area contributed by atoms with Crippen LogP contribution in [0.1, 0.15) is 23.7 Å². The van der Waals surface area contributed by atoms with Crippen molar-refractivity contribution in [3.05, 3.63) is 76.3 Å². The van der Waals surface area contributed by atoms with Gasteiger partial charge in [-0.2, -0.15) is 0 Å². The number of pyridine rings is 1. The summed E-state index contributed by atoms with van der Waals surface area (Å²) in [5.74, 6) is 0.418. The Bertz CT molecular complexity index is 1290. The Morgan fingerprint density at radius 2 is 1.90 bits per heavy atom. The number of carbonyl (C=O) groups is 1. The van der Waals surface area contributed by atoms with Gasteiger partial charge in [0.1, 0.15) is 17.2 Å². The molecule has 0 aliphatic rings. The second-order valence-electron chi connectivity index (χ2n) is 6.83. The Morgan fingerprint density at radius 1 is 1.13 bits per heavy atom. The van der Waals surface area contributed by atoms with E-state index < -0.39 is 10.9 Å². The highest BCUT2D eigenvalue weighted by Crippen LogP contribution is 2.35. The summed E-state index contributed by atoms with van der Waals surface area (Å²) in [5.41, 5.74) is 1.13. The molecule has 0 amide bonds. The second kappa shape index (κ2) is 8.27. The predicted octanol–water partition coefficient (Wildman–Crippen LogP) is 5.56. The van der Waals surface area contributed by atoms with Crippen LogP contribution in [0.3, 0.4) is 0 Å². The van der Waals surface area contributed by atoms with Gasteiger partial charge in [0.2, 0.25) is 0 Å². The summed E-state index contributed by atoms with van der Waals surface area (Å²) in [5, 5.41) is 20.9. The zero-order chi connectivity index (χ0) is 22.0. The Morgan fingerprint density at radius 3 is 2.65 bits per heavy atom. The maximum Gasteiger partial charge on any atom is 0.336 e. The molecular formula is C23H18N2O6. The number of aromatic nitrogens is 1. The molecule has 0 radical (unpaired) electrons. The molecule has 0 aliphatic heterocycles. The van der Waals surface area contributed by atoms with E-state index in [1.165, 1.54) is 24.3 Å². The maximum absolute atomic E-state index is 11.8. The highest BCUT2D eigenvalue weighted by Gasteiger charge is 2.18. The van der Waals surface area contributed by atoms with Gasteiger partial charge in [-0.05, 0) is 42.8 Å². The van der Waals surface area contributed by atoms with Gasteiger partial charge in [-0.25, -0.2) is 9.78 Å². The van der Waals surface area contributed by atoms with Gasteiger partial charge in [-0.1, -0.05) is 19.1 Å². The molecule has 0 saturated carbocycles. The molecule has 8 nitrogen and oxygen atoms in total. The molecule has 0 atom stereocenters. The largest absolute Gasteiger partial charge is 0.493 e. The highest BCUT2D eigenvalue weighted by molar-refractivity contribution is 6.04. The van der Waals surface area contributed by atoms with Crippen molar-refractivity contribution in [1.82, 2.24) is 4.98 Å². The number of nitro groups is 1. The van der Waals surface area contributed by atoms with E-state index in [-0.39, 0.29) is 16.6 Å². The Kier molecular flexibility index (Phi) is 5.36. The number of fused-ring (bicyclic) bond motifs is 1. The van der Waals surface area contributed by atoms with E-state index in [0.717, 1.165) is 12.0 Å². The van der Waals surface area contributed by atoms with Gasteiger partial charge in [-0.15, -0.1) is 0 Å². The molecule has 2 aromatic heterocycles. The Labute approximate surface area is 176 Å². The normalized spacial score (nSPS) is 10.9. The van der Waals surface area contributed by atoms with E-state index in [1.807, 2.05) is 31.2 Å². The summed E-state index contributed by atoms with van der Waals surface area (Å²) in [6.07, 6.45) is 0.870. The van der Waals surface area contributed by atoms with E-state index in [1.54, 1.807) is 12.1 Å². The minimum Gasteiger partial charge on any atom is -0.493 e. The number of benzene rings is 2. The first kappa shape index (κ1) is 20.1. The number of hydrogen-bond acceptors (Lipinski definition) is 6. The molecule has 0 spiro atoms. The summed E-state index contributed by atoms with van der Waals surface area (Å²) in [7, 11) is 0. The minimum absolute atomic E-state index is 0.0895. The molecule has 8 heteroatoms. The van der Waals surface area contributed by atoms with Crippen molar-refractivity contribution in [2.24, 2.45) is 0 Å². The lowest BCUT2D eigenvalue weighted by Crippen LogP contribution is -2.01. The van der Waals surface area contributed by atoms with Crippen molar-refractivity contribution < 1.29 is 24.0 Å². The third kappa shape index (κ3) is 3.95. The molecule has 156 valence electrons. The number of carboxylic acid groups (broad SMARTS) is 1. The van der Waals surface area contributed by atoms with Crippen LogP contribution >= 0.6 is 0 Å². The molecule has 2 aromatic carbocycles. The number of aromatic carboxylic acids is 1. The molecular weight excluding hydrogens is 400 g/mol. The molecule has 0 saturated heterocycles. The molecule has 31 heavy (non-hydrogen) atoms. The van der Waals surface area contributed by atoms with E-state index in [0.29, 0.717) is 35.1 Å². The number of carboxylic acids is 1. The fourth-order valence-electron chi connectivity index (χ4n) is 3.26. The molecule has 0 unspecified atom stereocenters.